The Balaban J connectivity index is 1.92. The van der Waals surface area contributed by atoms with E-state index >= 15 is 0 Å². The number of anilines is 3. The van der Waals surface area contributed by atoms with Crippen LogP contribution in [0.15, 0.2) is 48.5 Å². The molecule has 0 aromatic heterocycles. The quantitative estimate of drug-likeness (QED) is 0.614. The molecule has 0 saturated carbocycles. The van der Waals surface area contributed by atoms with Gasteiger partial charge in [-0.05, 0) is 36.4 Å². The van der Waals surface area contributed by atoms with Gasteiger partial charge >= 0.3 is 0 Å². The maximum absolute atomic E-state index is 12.1. The number of carbonyl (C=O) groups is 3. The monoisotopic (exact) mass is 354 g/mol. The predicted molar refractivity (Wildman–Crippen MR) is 102 cm³/mol. The Morgan fingerprint density at radius 3 is 2.12 bits per heavy atom. The summed E-state index contributed by atoms with van der Waals surface area (Å²) in [7, 11) is 1.56. The summed E-state index contributed by atoms with van der Waals surface area (Å²) in [4.78, 5) is 35.2. The Bertz CT molecular complexity index is 805. The topological polar surface area (TPSA) is 99.3 Å². The zero-order valence-corrected chi connectivity index (χ0v) is 14.8. The third kappa shape index (κ3) is 5.62. The van der Waals surface area contributed by atoms with E-state index < -0.39 is 0 Å². The van der Waals surface area contributed by atoms with Gasteiger partial charge in [-0.1, -0.05) is 19.1 Å². The van der Waals surface area contributed by atoms with Crippen molar-refractivity contribution < 1.29 is 14.4 Å². The number of hydrogen-bond donors (Lipinski definition) is 4. The molecule has 0 aliphatic carbocycles. The highest BCUT2D eigenvalue weighted by atomic mass is 16.2. The van der Waals surface area contributed by atoms with Crippen LogP contribution in [0.5, 0.6) is 0 Å². The van der Waals surface area contributed by atoms with Crippen molar-refractivity contribution in [2.45, 2.75) is 13.3 Å². The Morgan fingerprint density at radius 2 is 1.46 bits per heavy atom. The molecule has 2 aromatic carbocycles. The van der Waals surface area contributed by atoms with Crippen molar-refractivity contribution in [1.82, 2.24) is 5.32 Å². The fourth-order valence-corrected chi connectivity index (χ4v) is 2.23. The first kappa shape index (κ1) is 19.0. The van der Waals surface area contributed by atoms with Gasteiger partial charge in [-0.2, -0.15) is 0 Å². The van der Waals surface area contributed by atoms with Crippen LogP contribution in [0, 0.1) is 0 Å². The van der Waals surface area contributed by atoms with Crippen LogP contribution in [0.4, 0.5) is 17.1 Å². The van der Waals surface area contributed by atoms with Crippen molar-refractivity contribution in [3.8, 4) is 0 Å². The molecule has 0 saturated heterocycles. The van der Waals surface area contributed by atoms with Crippen LogP contribution >= 0.6 is 0 Å². The van der Waals surface area contributed by atoms with Gasteiger partial charge in [0, 0.05) is 36.1 Å². The molecule has 0 heterocycles. The first-order valence-electron chi connectivity index (χ1n) is 8.27. The third-order valence-corrected chi connectivity index (χ3v) is 3.56. The minimum atomic E-state index is -0.241. The van der Waals surface area contributed by atoms with Gasteiger partial charge in [-0.25, -0.2) is 0 Å². The molecule has 7 heteroatoms. The third-order valence-electron chi connectivity index (χ3n) is 3.56. The highest BCUT2D eigenvalue weighted by Crippen LogP contribution is 2.15. The molecule has 3 amide bonds. The van der Waals surface area contributed by atoms with Gasteiger partial charge in [0.15, 0.2) is 0 Å². The average molecular weight is 354 g/mol. The van der Waals surface area contributed by atoms with Crippen molar-refractivity contribution in [2.24, 2.45) is 0 Å². The van der Waals surface area contributed by atoms with Crippen molar-refractivity contribution in [3.63, 3.8) is 0 Å². The fourth-order valence-electron chi connectivity index (χ4n) is 2.23. The van der Waals surface area contributed by atoms with Gasteiger partial charge in [-0.3, -0.25) is 14.4 Å². The molecule has 0 atom stereocenters. The van der Waals surface area contributed by atoms with Crippen LogP contribution in [0.1, 0.15) is 23.7 Å². The molecule has 0 bridgehead atoms. The summed E-state index contributed by atoms with van der Waals surface area (Å²) in [6, 6.07) is 13.8. The van der Waals surface area contributed by atoms with Gasteiger partial charge in [0.1, 0.15) is 0 Å². The van der Waals surface area contributed by atoms with E-state index in [1.54, 1.807) is 62.5 Å². The zero-order chi connectivity index (χ0) is 18.9. The number of rotatable bonds is 7. The molecule has 0 aliphatic heterocycles. The molecule has 0 spiro atoms. The van der Waals surface area contributed by atoms with Crippen molar-refractivity contribution in [1.29, 1.82) is 0 Å². The number of carbonyl (C=O) groups excluding carboxylic acids is 3. The molecule has 26 heavy (non-hydrogen) atoms. The molecule has 0 fully saturated rings. The molecule has 0 radical (unpaired) electrons. The second-order valence-corrected chi connectivity index (χ2v) is 5.54. The Hall–Kier alpha value is -3.35. The fraction of sp³-hybridized carbons (Fsp3) is 0.211. The summed E-state index contributed by atoms with van der Waals surface area (Å²) in [6.45, 7) is 1.81. The lowest BCUT2D eigenvalue weighted by atomic mass is 10.2. The van der Waals surface area contributed by atoms with Crippen LogP contribution in [-0.2, 0) is 9.59 Å². The van der Waals surface area contributed by atoms with E-state index in [-0.39, 0.29) is 24.3 Å². The van der Waals surface area contributed by atoms with Crippen LogP contribution in [0.25, 0.3) is 0 Å². The van der Waals surface area contributed by atoms with E-state index in [1.807, 2.05) is 0 Å². The summed E-state index contributed by atoms with van der Waals surface area (Å²) in [5.41, 5.74) is 2.40. The van der Waals surface area contributed by atoms with E-state index in [9.17, 15) is 14.4 Å². The number of amides is 3. The predicted octanol–water partition coefficient (Wildman–Crippen LogP) is 2.45. The molecule has 7 nitrogen and oxygen atoms in total. The number of benzene rings is 2. The SMILES string of the molecule is CCC(=O)Nc1cccc(NC(=O)CNc2cccc(C(=O)NC)c2)c1. The van der Waals surface area contributed by atoms with Crippen LogP contribution in [0.3, 0.4) is 0 Å². The summed E-state index contributed by atoms with van der Waals surface area (Å²) < 4.78 is 0. The maximum atomic E-state index is 12.1. The lowest BCUT2D eigenvalue weighted by Gasteiger charge is -2.10. The second-order valence-electron chi connectivity index (χ2n) is 5.54. The van der Waals surface area contributed by atoms with Crippen LogP contribution in [0.2, 0.25) is 0 Å². The molecule has 136 valence electrons. The molecular formula is C19H22N4O3. The zero-order valence-electron chi connectivity index (χ0n) is 14.8. The minimum absolute atomic E-state index is 0.0444. The Labute approximate surface area is 152 Å². The lowest BCUT2D eigenvalue weighted by Crippen LogP contribution is -2.22. The molecule has 2 rings (SSSR count). The summed E-state index contributed by atoms with van der Waals surface area (Å²) >= 11 is 0. The smallest absolute Gasteiger partial charge is 0.251 e. The van der Waals surface area contributed by atoms with Crippen molar-refractivity contribution in [2.75, 3.05) is 29.5 Å². The van der Waals surface area contributed by atoms with E-state index in [1.165, 1.54) is 0 Å². The van der Waals surface area contributed by atoms with Gasteiger partial charge in [0.05, 0.1) is 6.54 Å². The normalized spacial score (nSPS) is 9.92. The summed E-state index contributed by atoms with van der Waals surface area (Å²) in [5, 5.41) is 11.0. The molecule has 2 aromatic rings. The van der Waals surface area contributed by atoms with Crippen LogP contribution < -0.4 is 21.3 Å². The van der Waals surface area contributed by atoms with E-state index in [0.29, 0.717) is 29.0 Å². The molecule has 0 unspecified atom stereocenters. The average Bonchev–Trinajstić information content (AvgIpc) is 2.66. The van der Waals surface area contributed by atoms with Crippen LogP contribution in [-0.4, -0.2) is 31.3 Å². The highest BCUT2D eigenvalue weighted by molar-refractivity contribution is 5.97. The van der Waals surface area contributed by atoms with Gasteiger partial charge in [0.25, 0.3) is 5.91 Å². The lowest BCUT2D eigenvalue weighted by molar-refractivity contribution is -0.116. The van der Waals surface area contributed by atoms with Gasteiger partial charge in [-0.15, -0.1) is 0 Å². The van der Waals surface area contributed by atoms with E-state index in [4.69, 9.17) is 0 Å². The first-order chi connectivity index (χ1) is 12.5. The minimum Gasteiger partial charge on any atom is -0.376 e. The van der Waals surface area contributed by atoms with Crippen molar-refractivity contribution in [3.05, 3.63) is 54.1 Å². The molecule has 4 N–H and O–H groups in total. The highest BCUT2D eigenvalue weighted by Gasteiger charge is 2.06. The van der Waals surface area contributed by atoms with E-state index in [2.05, 4.69) is 21.3 Å². The summed E-state index contributed by atoms with van der Waals surface area (Å²) in [6.07, 6.45) is 0.385. The number of nitrogens with one attached hydrogen (secondary N) is 4. The van der Waals surface area contributed by atoms with Gasteiger partial charge in [0.2, 0.25) is 11.8 Å². The number of hydrogen-bond acceptors (Lipinski definition) is 4. The molecular weight excluding hydrogens is 332 g/mol. The van der Waals surface area contributed by atoms with Gasteiger partial charge < -0.3 is 21.3 Å². The van der Waals surface area contributed by atoms with Crippen molar-refractivity contribution >= 4 is 34.8 Å². The summed E-state index contributed by atoms with van der Waals surface area (Å²) in [5.74, 6) is -0.524. The Morgan fingerprint density at radius 1 is 0.846 bits per heavy atom. The van der Waals surface area contributed by atoms with E-state index in [0.717, 1.165) is 0 Å². The first-order valence-corrected chi connectivity index (χ1v) is 8.27. The maximum Gasteiger partial charge on any atom is 0.251 e. The second kappa shape index (κ2) is 9.22. The molecule has 0 aliphatic rings. The largest absolute Gasteiger partial charge is 0.376 e. The Kier molecular flexibility index (Phi) is 6.73. The standard InChI is InChI=1S/C19H22N4O3/c1-3-17(24)22-15-8-5-9-16(11-15)23-18(25)12-21-14-7-4-6-13(10-14)19(26)20-2/h4-11,21H,3,12H2,1-2H3,(H,20,26)(H,22,24)(H,23,25).